The highest BCUT2D eigenvalue weighted by Crippen LogP contribution is 2.15. The fourth-order valence-electron chi connectivity index (χ4n) is 4.21. The van der Waals surface area contributed by atoms with Crippen LogP contribution in [0.4, 0.5) is 0 Å². The average molecular weight is 465 g/mol. The van der Waals surface area contributed by atoms with Crippen molar-refractivity contribution in [1.82, 2.24) is 19.7 Å². The number of aliphatic hydroxyl groups is 1. The van der Waals surface area contributed by atoms with Crippen molar-refractivity contribution in [3.63, 3.8) is 0 Å². The SMILES string of the molecule is NC(=O)C(O)C(Cc1ccccc1)[NH+]([O-])C(=O)c1cccnc1-n1ccc(CN2CCCC2)n1. The van der Waals surface area contributed by atoms with Crippen LogP contribution in [0.3, 0.4) is 0 Å². The van der Waals surface area contributed by atoms with E-state index in [2.05, 4.69) is 15.0 Å². The second-order valence-electron chi connectivity index (χ2n) is 8.45. The summed E-state index contributed by atoms with van der Waals surface area (Å²) in [4.78, 5) is 31.6. The van der Waals surface area contributed by atoms with Gasteiger partial charge in [-0.2, -0.15) is 5.10 Å². The molecule has 34 heavy (non-hydrogen) atoms. The third-order valence-corrected chi connectivity index (χ3v) is 6.01. The topological polar surface area (TPSA) is 142 Å². The Labute approximate surface area is 197 Å². The molecule has 0 radical (unpaired) electrons. The van der Waals surface area contributed by atoms with E-state index in [-0.39, 0.29) is 17.8 Å². The number of carbonyl (C=O) groups excluding carboxylic acids is 2. The minimum absolute atomic E-state index is 0.00708. The Morgan fingerprint density at radius 3 is 2.56 bits per heavy atom. The number of carbonyl (C=O) groups is 2. The molecule has 3 atom stereocenters. The van der Waals surface area contributed by atoms with E-state index in [1.165, 1.54) is 29.8 Å². The quantitative estimate of drug-likeness (QED) is 0.374. The largest absolute Gasteiger partial charge is 0.626 e. The van der Waals surface area contributed by atoms with Crippen LogP contribution in [-0.4, -0.2) is 61.8 Å². The molecule has 3 unspecified atom stereocenters. The molecule has 1 fully saturated rings. The van der Waals surface area contributed by atoms with Gasteiger partial charge >= 0.3 is 5.91 Å². The molecule has 2 amide bonds. The summed E-state index contributed by atoms with van der Waals surface area (Å²) in [5, 5.41) is 27.2. The smallest absolute Gasteiger partial charge is 0.348 e. The second kappa shape index (κ2) is 10.7. The van der Waals surface area contributed by atoms with Gasteiger partial charge in [0.25, 0.3) is 5.91 Å². The van der Waals surface area contributed by atoms with Crippen LogP contribution in [0.2, 0.25) is 0 Å². The number of likely N-dealkylation sites (tertiary alicyclic amines) is 1. The molecule has 0 bridgehead atoms. The lowest BCUT2D eigenvalue weighted by molar-refractivity contribution is -0.792. The zero-order valence-corrected chi connectivity index (χ0v) is 18.7. The van der Waals surface area contributed by atoms with E-state index in [1.54, 1.807) is 42.6 Å². The predicted octanol–water partition coefficient (Wildman–Crippen LogP) is -0.156. The molecule has 0 saturated carbocycles. The van der Waals surface area contributed by atoms with E-state index in [0.717, 1.165) is 18.8 Å². The molecule has 1 saturated heterocycles. The first kappa shape index (κ1) is 23.7. The summed E-state index contributed by atoms with van der Waals surface area (Å²) in [6.07, 6.45) is 3.75. The fraction of sp³-hybridized carbons (Fsp3) is 0.333. The number of quaternary nitrogens is 1. The molecule has 1 aromatic carbocycles. The molecule has 10 heteroatoms. The third-order valence-electron chi connectivity index (χ3n) is 6.01. The van der Waals surface area contributed by atoms with Gasteiger partial charge < -0.3 is 16.0 Å². The van der Waals surface area contributed by atoms with Crippen LogP contribution < -0.4 is 10.8 Å². The highest BCUT2D eigenvalue weighted by molar-refractivity contribution is 5.91. The molecule has 3 aromatic rings. The number of aliphatic hydroxyl groups excluding tert-OH is 1. The van der Waals surface area contributed by atoms with Gasteiger partial charge in [0.1, 0.15) is 11.6 Å². The van der Waals surface area contributed by atoms with Crippen LogP contribution in [0.25, 0.3) is 5.82 Å². The number of nitrogens with two attached hydrogens (primary N) is 1. The van der Waals surface area contributed by atoms with Crippen molar-refractivity contribution in [2.75, 3.05) is 13.1 Å². The Morgan fingerprint density at radius 1 is 1.12 bits per heavy atom. The summed E-state index contributed by atoms with van der Waals surface area (Å²) in [5.41, 5.74) is 6.84. The molecule has 4 N–H and O–H groups in total. The first-order valence-electron chi connectivity index (χ1n) is 11.3. The number of primary amides is 1. The monoisotopic (exact) mass is 464 g/mol. The summed E-state index contributed by atoms with van der Waals surface area (Å²) in [7, 11) is 0. The van der Waals surface area contributed by atoms with Crippen molar-refractivity contribution in [2.24, 2.45) is 5.73 Å². The Balaban J connectivity index is 1.59. The molecule has 2 aromatic heterocycles. The van der Waals surface area contributed by atoms with Crippen LogP contribution >= 0.6 is 0 Å². The Kier molecular flexibility index (Phi) is 7.43. The number of hydroxylamine groups is 2. The van der Waals surface area contributed by atoms with Crippen molar-refractivity contribution in [2.45, 2.75) is 38.0 Å². The van der Waals surface area contributed by atoms with E-state index < -0.39 is 29.0 Å². The summed E-state index contributed by atoms with van der Waals surface area (Å²) in [5.74, 6) is -1.71. The minimum Gasteiger partial charge on any atom is -0.626 e. The van der Waals surface area contributed by atoms with Gasteiger partial charge in [0.2, 0.25) is 0 Å². The molecular formula is C24H28N6O4. The lowest BCUT2D eigenvalue weighted by Gasteiger charge is -2.31. The van der Waals surface area contributed by atoms with E-state index in [4.69, 9.17) is 5.73 Å². The number of benzene rings is 1. The standard InChI is InChI=1S/C24H28N6O4/c25-22(32)21(31)20(15-17-7-2-1-3-8-17)30(34)24(33)19-9-6-11-26-23(19)29-14-10-18(27-29)16-28-12-4-5-13-28/h1-3,6-11,14,20-21,30-31H,4-5,12-13,15-16H2,(H2,25,32). The maximum atomic E-state index is 13.3. The highest BCUT2D eigenvalue weighted by Gasteiger charge is 2.35. The predicted molar refractivity (Wildman–Crippen MR) is 124 cm³/mol. The van der Waals surface area contributed by atoms with Gasteiger partial charge in [-0.05, 0) is 49.7 Å². The molecule has 4 rings (SSSR count). The lowest BCUT2D eigenvalue weighted by atomic mass is 10.00. The van der Waals surface area contributed by atoms with Crippen LogP contribution in [0.1, 0.15) is 34.5 Å². The van der Waals surface area contributed by atoms with Crippen molar-refractivity contribution in [3.05, 3.63) is 83.0 Å². The summed E-state index contributed by atoms with van der Waals surface area (Å²) in [6.45, 7) is 2.76. The second-order valence-corrected chi connectivity index (χ2v) is 8.45. The van der Waals surface area contributed by atoms with Gasteiger partial charge in [0.05, 0.1) is 5.69 Å². The van der Waals surface area contributed by atoms with Gasteiger partial charge in [-0.1, -0.05) is 30.3 Å². The molecule has 0 aliphatic carbocycles. The number of nitrogens with zero attached hydrogens (tertiary/aromatic N) is 4. The number of hydrogen-bond donors (Lipinski definition) is 3. The number of nitrogens with one attached hydrogen (secondary N) is 1. The molecule has 178 valence electrons. The van der Waals surface area contributed by atoms with Crippen LogP contribution in [-0.2, 0) is 17.8 Å². The molecular weight excluding hydrogens is 436 g/mol. The van der Waals surface area contributed by atoms with E-state index >= 15 is 0 Å². The Hall–Kier alpha value is -3.44. The number of hydrogen-bond acceptors (Lipinski definition) is 7. The van der Waals surface area contributed by atoms with E-state index in [9.17, 15) is 19.9 Å². The minimum atomic E-state index is -1.80. The van der Waals surface area contributed by atoms with E-state index in [0.29, 0.717) is 12.1 Å². The maximum absolute atomic E-state index is 13.3. The van der Waals surface area contributed by atoms with Crippen LogP contribution in [0, 0.1) is 5.21 Å². The molecule has 1 aliphatic heterocycles. The highest BCUT2D eigenvalue weighted by atomic mass is 16.5. The zero-order valence-electron chi connectivity index (χ0n) is 18.7. The van der Waals surface area contributed by atoms with Crippen molar-refractivity contribution >= 4 is 11.8 Å². The molecule has 10 nitrogen and oxygen atoms in total. The maximum Gasteiger partial charge on any atom is 0.348 e. The third kappa shape index (κ3) is 5.37. The fourth-order valence-corrected chi connectivity index (χ4v) is 4.21. The number of rotatable bonds is 9. The normalized spacial score (nSPS) is 16.8. The van der Waals surface area contributed by atoms with Crippen molar-refractivity contribution in [1.29, 1.82) is 0 Å². The van der Waals surface area contributed by atoms with Gasteiger partial charge in [-0.25, -0.2) is 14.5 Å². The van der Waals surface area contributed by atoms with Crippen molar-refractivity contribution < 1.29 is 19.8 Å². The summed E-state index contributed by atoms with van der Waals surface area (Å²) >= 11 is 0. The Bertz CT molecular complexity index is 1130. The first-order valence-corrected chi connectivity index (χ1v) is 11.3. The molecule has 0 spiro atoms. The molecule has 1 aliphatic rings. The van der Waals surface area contributed by atoms with Gasteiger partial charge in [-0.15, -0.1) is 0 Å². The van der Waals surface area contributed by atoms with Gasteiger partial charge in [0, 0.05) is 25.4 Å². The van der Waals surface area contributed by atoms with Gasteiger partial charge in [0.15, 0.2) is 11.9 Å². The first-order chi connectivity index (χ1) is 16.4. The number of pyridine rings is 1. The average Bonchev–Trinajstić information content (AvgIpc) is 3.54. The van der Waals surface area contributed by atoms with Crippen LogP contribution in [0.5, 0.6) is 0 Å². The zero-order chi connectivity index (χ0) is 24.1. The Morgan fingerprint density at radius 2 is 1.85 bits per heavy atom. The van der Waals surface area contributed by atoms with Crippen molar-refractivity contribution in [3.8, 4) is 5.82 Å². The summed E-state index contributed by atoms with van der Waals surface area (Å²) < 4.78 is 1.47. The summed E-state index contributed by atoms with van der Waals surface area (Å²) in [6, 6.07) is 12.4. The van der Waals surface area contributed by atoms with Gasteiger partial charge in [-0.3, -0.25) is 14.8 Å². The van der Waals surface area contributed by atoms with Crippen LogP contribution in [0.15, 0.2) is 60.9 Å². The number of amides is 2. The molecule has 3 heterocycles. The number of aromatic nitrogens is 3. The lowest BCUT2D eigenvalue weighted by Crippen LogP contribution is -3.16. The van der Waals surface area contributed by atoms with E-state index in [1.807, 2.05) is 6.07 Å².